The molecule has 2 aromatic carbocycles. The first-order chi connectivity index (χ1) is 10.7. The van der Waals surface area contributed by atoms with E-state index in [0.717, 1.165) is 6.26 Å². The maximum Gasteiger partial charge on any atom is 0.203 e. The molecule has 0 bridgehead atoms. The maximum absolute atomic E-state index is 13.5. The summed E-state index contributed by atoms with van der Waals surface area (Å²) in [5, 5.41) is 0.246. The third-order valence-electron chi connectivity index (χ3n) is 3.25. The highest BCUT2D eigenvalue weighted by Gasteiger charge is 2.08. The zero-order chi connectivity index (χ0) is 15.5. The number of aldehydes is 1. The van der Waals surface area contributed by atoms with Crippen LogP contribution in [0.3, 0.4) is 0 Å². The van der Waals surface area contributed by atoms with E-state index in [4.69, 9.17) is 9.15 Å². The number of ether oxygens (including phenoxy) is 1. The van der Waals surface area contributed by atoms with Gasteiger partial charge in [0.1, 0.15) is 30.0 Å². The summed E-state index contributed by atoms with van der Waals surface area (Å²) in [6.45, 7) is 0.0386. The van der Waals surface area contributed by atoms with Crippen LogP contribution in [0.4, 0.5) is 4.39 Å². The van der Waals surface area contributed by atoms with Crippen LogP contribution in [0.2, 0.25) is 0 Å². The smallest absolute Gasteiger partial charge is 0.203 e. The monoisotopic (exact) mass is 298 g/mol. The first-order valence-electron chi connectivity index (χ1n) is 6.56. The van der Waals surface area contributed by atoms with Crippen molar-refractivity contribution in [1.82, 2.24) is 0 Å². The Balaban J connectivity index is 1.92. The highest BCUT2D eigenvalue weighted by Crippen LogP contribution is 2.20. The first-order valence-corrected chi connectivity index (χ1v) is 6.56. The minimum Gasteiger partial charge on any atom is -0.489 e. The molecule has 0 aliphatic heterocycles. The molecule has 5 heteroatoms. The average molecular weight is 298 g/mol. The molecule has 3 rings (SSSR count). The van der Waals surface area contributed by atoms with Crippen molar-refractivity contribution < 1.29 is 18.3 Å². The number of hydrogen-bond donors (Lipinski definition) is 0. The van der Waals surface area contributed by atoms with Crippen LogP contribution in [0.25, 0.3) is 11.0 Å². The van der Waals surface area contributed by atoms with Crippen molar-refractivity contribution in [2.75, 3.05) is 0 Å². The Bertz CT molecular complexity index is 899. The Kier molecular flexibility index (Phi) is 3.70. The standard InChI is InChI=1S/C17H11FO4/c18-15-4-2-1-3-11(15)9-21-13-5-6-16-14(7-13)17(20)12(8-19)10-22-16/h1-8,10H,9H2. The molecular weight excluding hydrogens is 287 g/mol. The highest BCUT2D eigenvalue weighted by molar-refractivity contribution is 5.84. The van der Waals surface area contributed by atoms with E-state index >= 15 is 0 Å². The summed E-state index contributed by atoms with van der Waals surface area (Å²) in [5.74, 6) is 0.0390. The number of halogens is 1. The lowest BCUT2D eigenvalue weighted by Gasteiger charge is -2.07. The van der Waals surface area contributed by atoms with Crippen molar-refractivity contribution in [2.45, 2.75) is 6.61 Å². The van der Waals surface area contributed by atoms with Gasteiger partial charge < -0.3 is 9.15 Å². The summed E-state index contributed by atoms with van der Waals surface area (Å²) in [6.07, 6.45) is 1.57. The molecule has 0 amide bonds. The maximum atomic E-state index is 13.5. The van der Waals surface area contributed by atoms with E-state index in [1.54, 1.807) is 30.3 Å². The molecule has 0 radical (unpaired) electrons. The molecule has 0 atom stereocenters. The minimum atomic E-state index is -0.424. The molecule has 0 saturated carbocycles. The lowest BCUT2D eigenvalue weighted by molar-refractivity contribution is 0.112. The van der Waals surface area contributed by atoms with Crippen LogP contribution in [0.5, 0.6) is 5.75 Å². The lowest BCUT2D eigenvalue weighted by Crippen LogP contribution is -2.07. The summed E-state index contributed by atoms with van der Waals surface area (Å²) in [4.78, 5) is 22.8. The largest absolute Gasteiger partial charge is 0.489 e. The van der Waals surface area contributed by atoms with Crippen LogP contribution >= 0.6 is 0 Å². The van der Waals surface area contributed by atoms with Gasteiger partial charge in [0.25, 0.3) is 0 Å². The van der Waals surface area contributed by atoms with Gasteiger partial charge in [0.15, 0.2) is 6.29 Å². The molecular formula is C17H11FO4. The molecule has 0 spiro atoms. The summed E-state index contributed by atoms with van der Waals surface area (Å²) in [5.41, 5.74) is 0.288. The van der Waals surface area contributed by atoms with Crippen LogP contribution in [0.15, 0.2) is 57.9 Å². The number of carbonyl (C=O) groups is 1. The number of hydrogen-bond acceptors (Lipinski definition) is 4. The van der Waals surface area contributed by atoms with Crippen molar-refractivity contribution in [3.8, 4) is 5.75 Å². The van der Waals surface area contributed by atoms with Gasteiger partial charge in [0.2, 0.25) is 5.43 Å². The van der Waals surface area contributed by atoms with Crippen LogP contribution < -0.4 is 10.2 Å². The molecule has 0 aliphatic rings. The van der Waals surface area contributed by atoms with E-state index in [1.165, 1.54) is 12.1 Å². The predicted octanol–water partition coefficient (Wildman–Crippen LogP) is 3.32. The van der Waals surface area contributed by atoms with E-state index < -0.39 is 5.43 Å². The van der Waals surface area contributed by atoms with Gasteiger partial charge in [-0.05, 0) is 24.3 Å². The Morgan fingerprint density at radius 3 is 2.77 bits per heavy atom. The molecule has 4 nitrogen and oxygen atoms in total. The van der Waals surface area contributed by atoms with Crippen LogP contribution in [-0.4, -0.2) is 6.29 Å². The Morgan fingerprint density at radius 2 is 2.00 bits per heavy atom. The van der Waals surface area contributed by atoms with Gasteiger partial charge in [0, 0.05) is 5.56 Å². The van der Waals surface area contributed by atoms with Gasteiger partial charge in [-0.2, -0.15) is 0 Å². The minimum absolute atomic E-state index is 0.0386. The molecule has 0 fully saturated rings. The molecule has 22 heavy (non-hydrogen) atoms. The van der Waals surface area contributed by atoms with Gasteiger partial charge in [-0.3, -0.25) is 9.59 Å². The summed E-state index contributed by atoms with van der Waals surface area (Å²) in [7, 11) is 0. The van der Waals surface area contributed by atoms with E-state index in [0.29, 0.717) is 23.2 Å². The number of rotatable bonds is 4. The van der Waals surface area contributed by atoms with E-state index in [1.807, 2.05) is 0 Å². The Morgan fingerprint density at radius 1 is 1.18 bits per heavy atom. The second-order valence-corrected chi connectivity index (χ2v) is 4.68. The van der Waals surface area contributed by atoms with Crippen molar-refractivity contribution in [2.24, 2.45) is 0 Å². The summed E-state index contributed by atoms with van der Waals surface area (Å²) in [6, 6.07) is 11.0. The van der Waals surface area contributed by atoms with Crippen LogP contribution in [-0.2, 0) is 6.61 Å². The highest BCUT2D eigenvalue weighted by atomic mass is 19.1. The number of carbonyl (C=O) groups excluding carboxylic acids is 1. The lowest BCUT2D eigenvalue weighted by atomic mass is 10.2. The van der Waals surface area contributed by atoms with Gasteiger partial charge in [-0.25, -0.2) is 4.39 Å². The Hall–Kier alpha value is -2.95. The Labute approximate surface area is 124 Å². The summed E-state index contributed by atoms with van der Waals surface area (Å²) < 4.78 is 24.2. The fourth-order valence-electron chi connectivity index (χ4n) is 2.07. The van der Waals surface area contributed by atoms with Crippen LogP contribution in [0, 0.1) is 5.82 Å². The third kappa shape index (κ3) is 2.61. The fourth-order valence-corrected chi connectivity index (χ4v) is 2.07. The molecule has 110 valence electrons. The van der Waals surface area contributed by atoms with Gasteiger partial charge >= 0.3 is 0 Å². The molecule has 1 aromatic heterocycles. The quantitative estimate of drug-likeness (QED) is 0.693. The average Bonchev–Trinajstić information content (AvgIpc) is 2.55. The number of fused-ring (bicyclic) bond motifs is 1. The fraction of sp³-hybridized carbons (Fsp3) is 0.0588. The van der Waals surface area contributed by atoms with E-state index in [9.17, 15) is 14.0 Å². The van der Waals surface area contributed by atoms with Crippen molar-refractivity contribution in [3.63, 3.8) is 0 Å². The molecule has 0 aliphatic carbocycles. The first kappa shape index (κ1) is 14.0. The second kappa shape index (κ2) is 5.81. The number of benzene rings is 2. The summed E-state index contributed by atoms with van der Waals surface area (Å²) >= 11 is 0. The molecule has 3 aromatic rings. The van der Waals surface area contributed by atoms with Gasteiger partial charge in [-0.1, -0.05) is 18.2 Å². The molecule has 0 N–H and O–H groups in total. The topological polar surface area (TPSA) is 56.5 Å². The zero-order valence-electron chi connectivity index (χ0n) is 11.4. The zero-order valence-corrected chi connectivity index (χ0v) is 11.4. The molecule has 0 unspecified atom stereocenters. The molecule has 0 saturated heterocycles. The third-order valence-corrected chi connectivity index (χ3v) is 3.25. The second-order valence-electron chi connectivity index (χ2n) is 4.68. The van der Waals surface area contributed by atoms with Crippen molar-refractivity contribution >= 4 is 17.3 Å². The van der Waals surface area contributed by atoms with Crippen molar-refractivity contribution in [3.05, 3.63) is 75.9 Å². The van der Waals surface area contributed by atoms with E-state index in [2.05, 4.69) is 0 Å². The van der Waals surface area contributed by atoms with Gasteiger partial charge in [0.05, 0.1) is 10.9 Å². The SMILES string of the molecule is O=Cc1coc2ccc(OCc3ccccc3F)cc2c1=O. The normalized spacial score (nSPS) is 10.6. The van der Waals surface area contributed by atoms with Gasteiger partial charge in [-0.15, -0.1) is 0 Å². The van der Waals surface area contributed by atoms with Crippen LogP contribution in [0.1, 0.15) is 15.9 Å². The van der Waals surface area contributed by atoms with Crippen molar-refractivity contribution in [1.29, 1.82) is 0 Å². The van der Waals surface area contributed by atoms with E-state index in [-0.39, 0.29) is 23.4 Å². The predicted molar refractivity (Wildman–Crippen MR) is 78.6 cm³/mol. The molecule has 1 heterocycles.